The van der Waals surface area contributed by atoms with Crippen LogP contribution in [0.1, 0.15) is 35.3 Å². The molecule has 1 aliphatic heterocycles. The number of phenolic OH excluding ortho intramolecular Hbond substituents is 1. The van der Waals surface area contributed by atoms with E-state index in [1.807, 2.05) is 30.3 Å². The smallest absolute Gasteiger partial charge is 0.231 e. The zero-order chi connectivity index (χ0) is 20.1. The zero-order valence-corrected chi connectivity index (χ0v) is 16.5. The number of Topliss-reactive ketones (excluding diaryl/α,β-unsaturated/α-hetero) is 1. The van der Waals surface area contributed by atoms with Crippen molar-refractivity contribution in [1.82, 2.24) is 0 Å². The molecule has 5 heteroatoms. The maximum Gasteiger partial charge on any atom is 0.231 e. The normalized spacial score (nSPS) is 14.7. The van der Waals surface area contributed by atoms with Crippen molar-refractivity contribution in [3.05, 3.63) is 71.0 Å². The Labute approximate surface area is 165 Å². The van der Waals surface area contributed by atoms with Gasteiger partial charge in [-0.1, -0.05) is 30.4 Å². The molecule has 0 radical (unpaired) electrons. The van der Waals surface area contributed by atoms with E-state index in [0.717, 1.165) is 24.4 Å². The van der Waals surface area contributed by atoms with Crippen molar-refractivity contribution in [3.63, 3.8) is 0 Å². The summed E-state index contributed by atoms with van der Waals surface area (Å²) in [5, 5.41) is 10.3. The van der Waals surface area contributed by atoms with Crippen LogP contribution in [0.3, 0.4) is 0 Å². The molecule has 0 saturated heterocycles. The third kappa shape index (κ3) is 3.94. The van der Waals surface area contributed by atoms with Crippen LogP contribution in [0.2, 0.25) is 0 Å². The molecule has 1 heterocycles. The molecule has 28 heavy (non-hydrogen) atoms. The van der Waals surface area contributed by atoms with E-state index < -0.39 is 0 Å². The number of hydrogen-bond acceptors (Lipinski definition) is 4. The largest absolute Gasteiger partial charge is 0.507 e. The molecule has 0 atom stereocenters. The van der Waals surface area contributed by atoms with Gasteiger partial charge in [0.15, 0.2) is 11.5 Å². The molecule has 0 saturated carbocycles. The summed E-state index contributed by atoms with van der Waals surface area (Å²) in [5.41, 5.74) is 2.09. The van der Waals surface area contributed by atoms with Gasteiger partial charge in [0.1, 0.15) is 18.0 Å². The molecular formula is C23H26NO4+. The highest BCUT2D eigenvalue weighted by Crippen LogP contribution is 2.38. The zero-order valence-electron chi connectivity index (χ0n) is 16.5. The number of rotatable bonds is 7. The fourth-order valence-electron chi connectivity index (χ4n) is 3.28. The first-order valence-electron chi connectivity index (χ1n) is 9.51. The maximum atomic E-state index is 12.7. The Balaban J connectivity index is 1.87. The standard InChI is InChI=1S/C23H25NO4/c1-4-24(5-2)15-18-19(25)14-13-17-22(26)21(28-23(17)18)12-8-10-16-9-6-7-11-20(16)27-3/h6-14,25H,4-5,15H2,1-3H3/p+1/b10-8+,21-12-. The molecule has 0 aromatic heterocycles. The number of phenols is 1. The lowest BCUT2D eigenvalue weighted by atomic mass is 10.0. The van der Waals surface area contributed by atoms with E-state index in [2.05, 4.69) is 13.8 Å². The fraction of sp³-hybridized carbons (Fsp3) is 0.261. The van der Waals surface area contributed by atoms with Crippen LogP contribution in [0.4, 0.5) is 0 Å². The summed E-state index contributed by atoms with van der Waals surface area (Å²) in [6.07, 6.45) is 5.29. The van der Waals surface area contributed by atoms with Crippen molar-refractivity contribution >= 4 is 11.9 Å². The van der Waals surface area contributed by atoms with Gasteiger partial charge in [-0.15, -0.1) is 0 Å². The lowest BCUT2D eigenvalue weighted by Gasteiger charge is -2.17. The number of carbonyl (C=O) groups excluding carboxylic acids is 1. The quantitative estimate of drug-likeness (QED) is 0.725. The number of quaternary nitrogens is 1. The van der Waals surface area contributed by atoms with Gasteiger partial charge in [-0.05, 0) is 38.1 Å². The Hall–Kier alpha value is -3.05. The average molecular weight is 380 g/mol. The van der Waals surface area contributed by atoms with Crippen LogP contribution in [-0.2, 0) is 6.54 Å². The first kappa shape index (κ1) is 19.7. The second-order valence-electron chi connectivity index (χ2n) is 6.64. The average Bonchev–Trinajstić information content (AvgIpc) is 3.03. The van der Waals surface area contributed by atoms with Crippen LogP contribution >= 0.6 is 0 Å². The Morgan fingerprint density at radius 3 is 2.61 bits per heavy atom. The summed E-state index contributed by atoms with van der Waals surface area (Å²) in [7, 11) is 1.62. The van der Waals surface area contributed by atoms with Gasteiger partial charge in [0, 0.05) is 5.56 Å². The first-order valence-corrected chi connectivity index (χ1v) is 9.51. The lowest BCUT2D eigenvalue weighted by Crippen LogP contribution is -3.10. The van der Waals surface area contributed by atoms with E-state index in [0.29, 0.717) is 23.4 Å². The van der Waals surface area contributed by atoms with E-state index in [1.165, 1.54) is 4.90 Å². The number of para-hydroxylation sites is 1. The molecule has 0 spiro atoms. The second kappa shape index (κ2) is 8.76. The van der Waals surface area contributed by atoms with Crippen molar-refractivity contribution < 1.29 is 24.3 Å². The van der Waals surface area contributed by atoms with Crippen molar-refractivity contribution in [2.45, 2.75) is 20.4 Å². The number of hydrogen-bond donors (Lipinski definition) is 2. The Morgan fingerprint density at radius 2 is 1.89 bits per heavy atom. The number of nitrogens with one attached hydrogen (secondary N) is 1. The molecular weight excluding hydrogens is 354 g/mol. The number of methoxy groups -OCH3 is 1. The van der Waals surface area contributed by atoms with Gasteiger partial charge in [-0.3, -0.25) is 4.79 Å². The highest BCUT2D eigenvalue weighted by atomic mass is 16.5. The predicted octanol–water partition coefficient (Wildman–Crippen LogP) is 3.00. The van der Waals surface area contributed by atoms with E-state index in [4.69, 9.17) is 9.47 Å². The van der Waals surface area contributed by atoms with E-state index in [1.54, 1.807) is 31.4 Å². The minimum atomic E-state index is -0.171. The van der Waals surface area contributed by atoms with Gasteiger partial charge in [0.05, 0.1) is 31.3 Å². The molecule has 3 rings (SSSR count). The van der Waals surface area contributed by atoms with Gasteiger partial charge >= 0.3 is 0 Å². The molecule has 146 valence electrons. The highest BCUT2D eigenvalue weighted by molar-refractivity contribution is 6.12. The maximum absolute atomic E-state index is 12.7. The van der Waals surface area contributed by atoms with Gasteiger partial charge in [0.25, 0.3) is 0 Å². The third-order valence-corrected chi connectivity index (χ3v) is 5.01. The van der Waals surface area contributed by atoms with Crippen LogP contribution in [0.25, 0.3) is 6.08 Å². The molecule has 0 amide bonds. The number of allylic oxidation sites excluding steroid dienone is 3. The first-order chi connectivity index (χ1) is 13.6. The number of fused-ring (bicyclic) bond motifs is 1. The Bertz CT molecular complexity index is 926. The predicted molar refractivity (Wildman–Crippen MR) is 109 cm³/mol. The fourth-order valence-corrected chi connectivity index (χ4v) is 3.28. The number of aromatic hydroxyl groups is 1. The summed E-state index contributed by atoms with van der Waals surface area (Å²) in [4.78, 5) is 14.0. The van der Waals surface area contributed by atoms with Crippen molar-refractivity contribution in [2.24, 2.45) is 0 Å². The van der Waals surface area contributed by atoms with Crippen LogP contribution in [0, 0.1) is 0 Å². The summed E-state index contributed by atoms with van der Waals surface area (Å²) in [5.74, 6) is 1.48. The van der Waals surface area contributed by atoms with Crippen LogP contribution in [0.15, 0.2) is 54.3 Å². The minimum absolute atomic E-state index is 0.164. The van der Waals surface area contributed by atoms with Crippen LogP contribution in [0.5, 0.6) is 17.2 Å². The monoisotopic (exact) mass is 380 g/mol. The minimum Gasteiger partial charge on any atom is -0.507 e. The molecule has 0 fully saturated rings. The van der Waals surface area contributed by atoms with Crippen molar-refractivity contribution in [2.75, 3.05) is 20.2 Å². The highest BCUT2D eigenvalue weighted by Gasteiger charge is 2.31. The molecule has 1 aliphatic rings. The second-order valence-corrected chi connectivity index (χ2v) is 6.64. The molecule has 0 bridgehead atoms. The number of ether oxygens (including phenoxy) is 2. The summed E-state index contributed by atoms with van der Waals surface area (Å²) in [6, 6.07) is 10.8. The van der Waals surface area contributed by atoms with Crippen molar-refractivity contribution in [1.29, 1.82) is 0 Å². The number of ketones is 1. The molecule has 2 N–H and O–H groups in total. The molecule has 0 unspecified atom stereocenters. The van der Waals surface area contributed by atoms with Crippen LogP contribution < -0.4 is 14.4 Å². The van der Waals surface area contributed by atoms with Gasteiger partial charge in [-0.2, -0.15) is 0 Å². The van der Waals surface area contributed by atoms with Gasteiger partial charge in [-0.25, -0.2) is 0 Å². The van der Waals surface area contributed by atoms with Crippen LogP contribution in [-0.4, -0.2) is 31.1 Å². The lowest BCUT2D eigenvalue weighted by molar-refractivity contribution is -0.910. The molecule has 0 aliphatic carbocycles. The van der Waals surface area contributed by atoms with E-state index in [-0.39, 0.29) is 17.3 Å². The number of benzene rings is 2. The number of carbonyl (C=O) groups is 1. The van der Waals surface area contributed by atoms with Crippen molar-refractivity contribution in [3.8, 4) is 17.2 Å². The summed E-state index contributed by atoms with van der Waals surface area (Å²) < 4.78 is 11.2. The topological polar surface area (TPSA) is 60.2 Å². The summed E-state index contributed by atoms with van der Waals surface area (Å²) in [6.45, 7) is 6.66. The van der Waals surface area contributed by atoms with Gasteiger partial charge in [0.2, 0.25) is 5.78 Å². The van der Waals surface area contributed by atoms with E-state index in [9.17, 15) is 9.90 Å². The van der Waals surface area contributed by atoms with E-state index >= 15 is 0 Å². The Kier molecular flexibility index (Phi) is 6.16. The third-order valence-electron chi connectivity index (χ3n) is 5.01. The Morgan fingerprint density at radius 1 is 1.14 bits per heavy atom. The van der Waals surface area contributed by atoms with Gasteiger partial charge < -0.3 is 19.5 Å². The SMILES string of the molecule is CC[NH+](CC)Cc1c(O)ccc2c1O/C(=C\C=C\c1ccccc1OC)C2=O. The molecule has 2 aromatic rings. The molecule has 5 nitrogen and oxygen atoms in total. The molecule has 2 aromatic carbocycles. The summed E-state index contributed by atoms with van der Waals surface area (Å²) >= 11 is 0.